The van der Waals surface area contributed by atoms with Crippen LogP contribution in [-0.2, 0) is 4.79 Å². The first-order valence-corrected chi connectivity index (χ1v) is 11.7. The van der Waals surface area contributed by atoms with Gasteiger partial charge in [-0.25, -0.2) is 4.99 Å². The van der Waals surface area contributed by atoms with Gasteiger partial charge >= 0.3 is 5.97 Å². The Hall–Kier alpha value is -2.57. The zero-order valence-corrected chi connectivity index (χ0v) is 19.0. The van der Waals surface area contributed by atoms with Crippen molar-refractivity contribution in [1.29, 1.82) is 0 Å². The van der Waals surface area contributed by atoms with Crippen LogP contribution in [0.4, 0.5) is 5.69 Å². The molecule has 1 aliphatic carbocycles. The molecule has 168 valence electrons. The molecule has 6 nitrogen and oxygen atoms in total. The molecule has 2 fully saturated rings. The van der Waals surface area contributed by atoms with Crippen molar-refractivity contribution in [3.05, 3.63) is 53.1 Å². The monoisotopic (exact) mass is 453 g/mol. The Morgan fingerprint density at radius 1 is 1.16 bits per heavy atom. The predicted molar refractivity (Wildman–Crippen MR) is 125 cm³/mol. The minimum atomic E-state index is -0.681. The number of aliphatic imine (C=N–C) groups is 1. The maximum absolute atomic E-state index is 12.4. The van der Waals surface area contributed by atoms with Gasteiger partial charge in [0.1, 0.15) is 17.3 Å². The maximum atomic E-state index is 12.4. The fraction of sp³-hybridized carbons (Fsp3) is 0.440. The highest BCUT2D eigenvalue weighted by Gasteiger charge is 2.42. The van der Waals surface area contributed by atoms with E-state index < -0.39 is 5.97 Å². The topological polar surface area (TPSA) is 65.4 Å². The van der Waals surface area contributed by atoms with Crippen LogP contribution >= 0.6 is 11.6 Å². The van der Waals surface area contributed by atoms with Gasteiger partial charge in [0.05, 0.1) is 11.5 Å². The Labute approximate surface area is 193 Å². The molecule has 1 saturated heterocycles. The number of rotatable bonds is 3. The number of fused-ring (bicyclic) bond motifs is 2. The van der Waals surface area contributed by atoms with Gasteiger partial charge in [0.2, 0.25) is 0 Å². The van der Waals surface area contributed by atoms with E-state index in [0.29, 0.717) is 23.0 Å². The summed E-state index contributed by atoms with van der Waals surface area (Å²) in [5.41, 5.74) is 1.60. The van der Waals surface area contributed by atoms with Crippen LogP contribution in [0.5, 0.6) is 11.5 Å². The predicted octanol–water partition coefficient (Wildman–Crippen LogP) is 5.03. The third kappa shape index (κ3) is 3.97. The second-order valence-corrected chi connectivity index (χ2v) is 9.48. The SMILES string of the molecule is CN1CCN(C2=Nc3cc(Cl)ccc3Oc3ccccc32)CC1[C@@H](C(=O)O)C1CCCC1. The lowest BCUT2D eigenvalue weighted by Gasteiger charge is -2.44. The van der Waals surface area contributed by atoms with Crippen LogP contribution in [0.15, 0.2) is 47.5 Å². The quantitative estimate of drug-likeness (QED) is 0.706. The molecule has 0 radical (unpaired) electrons. The number of likely N-dealkylation sites (N-methyl/N-ethyl adjacent to an activating group) is 1. The van der Waals surface area contributed by atoms with Gasteiger partial charge in [0, 0.05) is 30.7 Å². The fourth-order valence-corrected chi connectivity index (χ4v) is 5.58. The molecule has 1 saturated carbocycles. The Bertz CT molecular complexity index is 1050. The van der Waals surface area contributed by atoms with Crippen LogP contribution in [0.25, 0.3) is 0 Å². The summed E-state index contributed by atoms with van der Waals surface area (Å²) in [7, 11) is 2.05. The van der Waals surface area contributed by atoms with Gasteiger partial charge in [-0.1, -0.05) is 36.6 Å². The van der Waals surface area contributed by atoms with Gasteiger partial charge in [-0.15, -0.1) is 0 Å². The highest BCUT2D eigenvalue weighted by atomic mass is 35.5. The van der Waals surface area contributed by atoms with E-state index in [-0.39, 0.29) is 17.9 Å². The van der Waals surface area contributed by atoms with Gasteiger partial charge in [0.15, 0.2) is 5.75 Å². The Morgan fingerprint density at radius 2 is 1.94 bits per heavy atom. The molecule has 0 bridgehead atoms. The summed E-state index contributed by atoms with van der Waals surface area (Å²) in [6.07, 6.45) is 4.27. The molecule has 2 aromatic rings. The second kappa shape index (κ2) is 8.75. The number of piperazine rings is 1. The van der Waals surface area contributed by atoms with E-state index in [1.54, 1.807) is 6.07 Å². The summed E-state index contributed by atoms with van der Waals surface area (Å²) in [4.78, 5) is 21.8. The summed E-state index contributed by atoms with van der Waals surface area (Å²) >= 11 is 6.26. The Balaban J connectivity index is 1.53. The zero-order valence-electron chi connectivity index (χ0n) is 18.2. The molecule has 0 spiro atoms. The van der Waals surface area contributed by atoms with Crippen molar-refractivity contribution in [1.82, 2.24) is 9.80 Å². The molecule has 1 N–H and O–H groups in total. The number of hydrogen-bond donors (Lipinski definition) is 1. The first kappa shape index (κ1) is 21.3. The molecule has 32 heavy (non-hydrogen) atoms. The second-order valence-electron chi connectivity index (χ2n) is 9.05. The molecule has 2 atom stereocenters. The van der Waals surface area contributed by atoms with Crippen LogP contribution in [-0.4, -0.2) is 59.4 Å². The number of nitrogens with zero attached hydrogens (tertiary/aromatic N) is 3. The number of carboxylic acid groups (broad SMARTS) is 1. The van der Waals surface area contributed by atoms with Crippen LogP contribution in [0.3, 0.4) is 0 Å². The number of amidine groups is 1. The van der Waals surface area contributed by atoms with E-state index in [0.717, 1.165) is 55.9 Å². The van der Waals surface area contributed by atoms with E-state index in [2.05, 4.69) is 9.80 Å². The highest BCUT2D eigenvalue weighted by Crippen LogP contribution is 2.40. The van der Waals surface area contributed by atoms with Crippen LogP contribution < -0.4 is 4.74 Å². The molecule has 7 heteroatoms. The number of para-hydroxylation sites is 1. The van der Waals surface area contributed by atoms with E-state index in [4.69, 9.17) is 21.3 Å². The number of benzene rings is 2. The van der Waals surface area contributed by atoms with Crippen molar-refractivity contribution in [2.75, 3.05) is 26.7 Å². The molecule has 2 heterocycles. The minimum Gasteiger partial charge on any atom is -0.481 e. The molecular formula is C25H28ClN3O3. The fourth-order valence-electron chi connectivity index (χ4n) is 5.42. The lowest BCUT2D eigenvalue weighted by Crippen LogP contribution is -2.58. The number of halogens is 1. The van der Waals surface area contributed by atoms with Crippen molar-refractivity contribution in [2.45, 2.75) is 31.7 Å². The van der Waals surface area contributed by atoms with Crippen LogP contribution in [0.1, 0.15) is 31.2 Å². The first-order valence-electron chi connectivity index (χ1n) is 11.3. The van der Waals surface area contributed by atoms with Crippen LogP contribution in [0, 0.1) is 11.8 Å². The van der Waals surface area contributed by atoms with Gasteiger partial charge in [0.25, 0.3) is 0 Å². The van der Waals surface area contributed by atoms with Crippen molar-refractivity contribution >= 4 is 29.1 Å². The van der Waals surface area contributed by atoms with Crippen molar-refractivity contribution in [3.8, 4) is 11.5 Å². The smallest absolute Gasteiger partial charge is 0.308 e. The lowest BCUT2D eigenvalue weighted by atomic mass is 9.83. The number of ether oxygens (including phenoxy) is 1. The number of aliphatic carboxylic acids is 1. The van der Waals surface area contributed by atoms with E-state index in [9.17, 15) is 9.90 Å². The average Bonchev–Trinajstić information content (AvgIpc) is 3.24. The summed E-state index contributed by atoms with van der Waals surface area (Å²) in [6.45, 7) is 2.17. The number of carbonyl (C=O) groups is 1. The first-order chi connectivity index (χ1) is 15.5. The van der Waals surface area contributed by atoms with Crippen molar-refractivity contribution < 1.29 is 14.6 Å². The summed E-state index contributed by atoms with van der Waals surface area (Å²) in [5.74, 6) is 1.41. The summed E-state index contributed by atoms with van der Waals surface area (Å²) < 4.78 is 6.19. The van der Waals surface area contributed by atoms with Crippen LogP contribution in [0.2, 0.25) is 5.02 Å². The zero-order chi connectivity index (χ0) is 22.2. The molecule has 5 rings (SSSR count). The highest BCUT2D eigenvalue weighted by molar-refractivity contribution is 6.31. The number of carboxylic acids is 1. The molecule has 3 aliphatic rings. The largest absolute Gasteiger partial charge is 0.481 e. The molecule has 0 aromatic heterocycles. The normalized spacial score (nSPS) is 22.4. The summed E-state index contributed by atoms with van der Waals surface area (Å²) in [5, 5.41) is 10.8. The molecule has 2 aromatic carbocycles. The maximum Gasteiger partial charge on any atom is 0.308 e. The van der Waals surface area contributed by atoms with Gasteiger partial charge in [-0.2, -0.15) is 0 Å². The third-order valence-corrected chi connectivity index (χ3v) is 7.33. The van der Waals surface area contributed by atoms with E-state index in [1.807, 2.05) is 43.4 Å². The summed E-state index contributed by atoms with van der Waals surface area (Å²) in [6, 6.07) is 13.3. The van der Waals surface area contributed by atoms with E-state index >= 15 is 0 Å². The van der Waals surface area contributed by atoms with E-state index in [1.165, 1.54) is 0 Å². The van der Waals surface area contributed by atoms with Gasteiger partial charge in [-0.3, -0.25) is 9.69 Å². The third-order valence-electron chi connectivity index (χ3n) is 7.10. The standard InChI is InChI=1S/C25H28ClN3O3/c1-28-12-13-29(15-20(28)23(25(30)31)16-6-2-3-7-16)24-18-8-4-5-9-21(18)32-22-11-10-17(26)14-19(22)27-24/h4-5,8-11,14,16,20,23H,2-3,6-7,12-13,15H2,1H3,(H,30,31)/t20?,23-/m0/s1. The Morgan fingerprint density at radius 3 is 2.72 bits per heavy atom. The minimum absolute atomic E-state index is 0.0674. The van der Waals surface area contributed by atoms with Gasteiger partial charge in [-0.05, 0) is 56.1 Å². The number of hydrogen-bond acceptors (Lipinski definition) is 5. The average molecular weight is 454 g/mol. The van der Waals surface area contributed by atoms with Crippen molar-refractivity contribution in [3.63, 3.8) is 0 Å². The molecule has 1 unspecified atom stereocenters. The lowest BCUT2D eigenvalue weighted by molar-refractivity contribution is -0.147. The van der Waals surface area contributed by atoms with Crippen molar-refractivity contribution in [2.24, 2.45) is 16.8 Å². The molecule has 2 aliphatic heterocycles. The molecule has 0 amide bonds. The Kier molecular flexibility index (Phi) is 5.82. The van der Waals surface area contributed by atoms with Gasteiger partial charge < -0.3 is 14.7 Å². The molecular weight excluding hydrogens is 426 g/mol.